The highest BCUT2D eigenvalue weighted by Crippen LogP contribution is 2.31. The minimum atomic E-state index is 0.176. The van der Waals surface area contributed by atoms with Crippen molar-refractivity contribution in [3.63, 3.8) is 0 Å². The summed E-state index contributed by atoms with van der Waals surface area (Å²) < 4.78 is 0. The Bertz CT molecular complexity index is 599. The van der Waals surface area contributed by atoms with E-state index in [-0.39, 0.29) is 15.4 Å². The molecule has 0 aliphatic heterocycles. The molecule has 0 spiro atoms. The Morgan fingerprint density at radius 1 is 0.750 bits per heavy atom. The SMILES string of the molecule is O=C(CCC(Br)c1ccc(Cl)cc1)CCC(Br)c1ccc(Cl)cc1. The number of hydrogen-bond acceptors (Lipinski definition) is 1. The second kappa shape index (κ2) is 9.96. The van der Waals surface area contributed by atoms with Crippen LogP contribution >= 0.6 is 55.1 Å². The van der Waals surface area contributed by atoms with Crippen molar-refractivity contribution in [1.29, 1.82) is 0 Å². The van der Waals surface area contributed by atoms with Gasteiger partial charge in [0, 0.05) is 32.5 Å². The topological polar surface area (TPSA) is 17.1 Å². The van der Waals surface area contributed by atoms with Crippen LogP contribution in [0.15, 0.2) is 48.5 Å². The lowest BCUT2D eigenvalue weighted by Gasteiger charge is -2.12. The molecule has 0 aliphatic carbocycles. The third-order valence-corrected chi connectivity index (χ3v) is 6.29. The van der Waals surface area contributed by atoms with Gasteiger partial charge in [0.05, 0.1) is 0 Å². The van der Waals surface area contributed by atoms with E-state index in [2.05, 4.69) is 31.9 Å². The number of hydrogen-bond donors (Lipinski definition) is 0. The molecule has 0 N–H and O–H groups in total. The molecule has 0 fully saturated rings. The van der Waals surface area contributed by atoms with Gasteiger partial charge in [0.1, 0.15) is 5.78 Å². The minimum absolute atomic E-state index is 0.176. The molecule has 0 amide bonds. The van der Waals surface area contributed by atoms with Crippen molar-refractivity contribution < 1.29 is 4.79 Å². The van der Waals surface area contributed by atoms with Crippen LogP contribution in [-0.4, -0.2) is 5.78 Å². The maximum Gasteiger partial charge on any atom is 0.133 e. The van der Waals surface area contributed by atoms with Crippen molar-refractivity contribution in [2.45, 2.75) is 35.3 Å². The number of ketones is 1. The molecule has 1 nitrogen and oxygen atoms in total. The largest absolute Gasteiger partial charge is 0.300 e. The third-order valence-electron chi connectivity index (χ3n) is 3.82. The molecule has 0 aliphatic rings. The Morgan fingerprint density at radius 2 is 1.08 bits per heavy atom. The van der Waals surface area contributed by atoms with Gasteiger partial charge in [-0.05, 0) is 48.2 Å². The molecule has 0 aromatic heterocycles. The fourth-order valence-electron chi connectivity index (χ4n) is 2.38. The first kappa shape index (κ1) is 20.0. The zero-order valence-corrected chi connectivity index (χ0v) is 17.7. The van der Waals surface area contributed by atoms with E-state index in [0.717, 1.165) is 34.0 Å². The average Bonchev–Trinajstić information content (AvgIpc) is 2.58. The molecule has 2 atom stereocenters. The van der Waals surface area contributed by atoms with Gasteiger partial charge in [0.25, 0.3) is 0 Å². The number of Topliss-reactive ketones (excluding diaryl/α,β-unsaturated/α-hetero) is 1. The first-order valence-corrected chi connectivity index (χ1v) is 10.3. The molecule has 128 valence electrons. The number of benzene rings is 2. The number of rotatable bonds is 8. The summed E-state index contributed by atoms with van der Waals surface area (Å²) in [5.74, 6) is 0.284. The number of halogens is 4. The van der Waals surface area contributed by atoms with E-state index in [4.69, 9.17) is 23.2 Å². The van der Waals surface area contributed by atoms with Crippen molar-refractivity contribution in [2.75, 3.05) is 0 Å². The summed E-state index contributed by atoms with van der Waals surface area (Å²) in [5.41, 5.74) is 2.29. The van der Waals surface area contributed by atoms with E-state index in [9.17, 15) is 4.79 Å². The summed E-state index contributed by atoms with van der Waals surface area (Å²) in [4.78, 5) is 12.5. The number of carbonyl (C=O) groups is 1. The fraction of sp³-hybridized carbons (Fsp3) is 0.316. The minimum Gasteiger partial charge on any atom is -0.300 e. The molecule has 0 saturated carbocycles. The predicted octanol–water partition coefficient (Wildman–Crippen LogP) is 7.70. The second-order valence-corrected chi connectivity index (χ2v) is 8.74. The summed E-state index contributed by atoms with van der Waals surface area (Å²) in [7, 11) is 0. The average molecular weight is 493 g/mol. The van der Waals surface area contributed by atoms with Crippen LogP contribution in [0.1, 0.15) is 46.5 Å². The van der Waals surface area contributed by atoms with Crippen molar-refractivity contribution in [3.8, 4) is 0 Å². The highest BCUT2D eigenvalue weighted by atomic mass is 79.9. The summed E-state index contributed by atoms with van der Waals surface area (Å²) in [6, 6.07) is 15.4. The molecule has 2 aromatic rings. The van der Waals surface area contributed by atoms with Crippen LogP contribution in [0.4, 0.5) is 0 Å². The molecule has 0 bridgehead atoms. The molecule has 0 saturated heterocycles. The van der Waals surface area contributed by atoms with Gasteiger partial charge in [-0.15, -0.1) is 0 Å². The third kappa shape index (κ3) is 6.51. The van der Waals surface area contributed by atoms with Crippen LogP contribution in [0.25, 0.3) is 0 Å². The molecule has 2 aromatic carbocycles. The number of carbonyl (C=O) groups excluding carboxylic acids is 1. The van der Waals surface area contributed by atoms with Crippen molar-refractivity contribution in [2.24, 2.45) is 0 Å². The molecule has 0 radical (unpaired) electrons. The van der Waals surface area contributed by atoms with Gasteiger partial charge in [0.15, 0.2) is 0 Å². The molecule has 5 heteroatoms. The number of alkyl halides is 2. The lowest BCUT2D eigenvalue weighted by molar-refractivity contribution is -0.119. The Balaban J connectivity index is 1.74. The Kier molecular flexibility index (Phi) is 8.29. The summed E-state index contributed by atoms with van der Waals surface area (Å²) in [5, 5.41) is 1.44. The highest BCUT2D eigenvalue weighted by Gasteiger charge is 2.13. The van der Waals surface area contributed by atoms with Crippen molar-refractivity contribution >= 4 is 60.8 Å². The van der Waals surface area contributed by atoms with Crippen LogP contribution in [0, 0.1) is 0 Å². The van der Waals surface area contributed by atoms with Gasteiger partial charge in [-0.3, -0.25) is 4.79 Å². The van der Waals surface area contributed by atoms with Gasteiger partial charge < -0.3 is 0 Å². The van der Waals surface area contributed by atoms with Crippen LogP contribution in [0.2, 0.25) is 10.0 Å². The van der Waals surface area contributed by atoms with Crippen LogP contribution in [-0.2, 0) is 4.79 Å². The molecule has 2 unspecified atom stereocenters. The normalized spacial score (nSPS) is 13.5. The van der Waals surface area contributed by atoms with E-state index in [1.54, 1.807) is 0 Å². The Hall–Kier alpha value is -0.350. The smallest absolute Gasteiger partial charge is 0.133 e. The van der Waals surface area contributed by atoms with Crippen molar-refractivity contribution in [1.82, 2.24) is 0 Å². The zero-order chi connectivity index (χ0) is 17.5. The van der Waals surface area contributed by atoms with Gasteiger partial charge in [-0.25, -0.2) is 0 Å². The summed E-state index contributed by atoms with van der Waals surface area (Å²) in [6.45, 7) is 0. The molecule has 0 heterocycles. The molecular weight excluding hydrogens is 475 g/mol. The van der Waals surface area contributed by atoms with Crippen LogP contribution < -0.4 is 0 Å². The summed E-state index contributed by atoms with van der Waals surface area (Å²) >= 11 is 19.1. The van der Waals surface area contributed by atoms with E-state index in [0.29, 0.717) is 12.8 Å². The van der Waals surface area contributed by atoms with Gasteiger partial charge in [-0.2, -0.15) is 0 Å². The lowest BCUT2D eigenvalue weighted by atomic mass is 10.0. The maximum atomic E-state index is 12.1. The highest BCUT2D eigenvalue weighted by molar-refractivity contribution is 9.09. The van der Waals surface area contributed by atoms with E-state index in [1.807, 2.05) is 48.5 Å². The standard InChI is InChI=1S/C19H18Br2Cl2O/c20-18(13-1-5-15(22)6-2-13)11-9-17(24)10-12-19(21)14-3-7-16(23)8-4-14/h1-8,18-19H,9-12H2. The van der Waals surface area contributed by atoms with Crippen molar-refractivity contribution in [3.05, 3.63) is 69.7 Å². The van der Waals surface area contributed by atoms with E-state index in [1.165, 1.54) is 0 Å². The lowest BCUT2D eigenvalue weighted by Crippen LogP contribution is -2.02. The molecule has 24 heavy (non-hydrogen) atoms. The fourth-order valence-corrected chi connectivity index (χ4v) is 3.70. The Morgan fingerprint density at radius 3 is 1.42 bits per heavy atom. The first-order chi connectivity index (χ1) is 11.5. The van der Waals surface area contributed by atoms with Gasteiger partial charge in [0.2, 0.25) is 0 Å². The molecule has 2 rings (SSSR count). The van der Waals surface area contributed by atoms with E-state index >= 15 is 0 Å². The monoisotopic (exact) mass is 490 g/mol. The van der Waals surface area contributed by atoms with Gasteiger partial charge in [-0.1, -0.05) is 79.3 Å². The maximum absolute atomic E-state index is 12.1. The second-order valence-electron chi connectivity index (χ2n) is 5.65. The zero-order valence-electron chi connectivity index (χ0n) is 13.0. The molecular formula is C19H18Br2Cl2O. The quantitative estimate of drug-likeness (QED) is 0.345. The van der Waals surface area contributed by atoms with E-state index < -0.39 is 0 Å². The predicted molar refractivity (Wildman–Crippen MR) is 110 cm³/mol. The van der Waals surface area contributed by atoms with Gasteiger partial charge >= 0.3 is 0 Å². The van der Waals surface area contributed by atoms with Crippen LogP contribution in [0.5, 0.6) is 0 Å². The summed E-state index contributed by atoms with van der Waals surface area (Å²) in [6.07, 6.45) is 2.71. The Labute approximate surface area is 170 Å². The van der Waals surface area contributed by atoms with Crippen LogP contribution in [0.3, 0.4) is 0 Å². The first-order valence-electron chi connectivity index (χ1n) is 7.76.